The van der Waals surface area contributed by atoms with Crippen molar-refractivity contribution in [1.82, 2.24) is 0 Å². The van der Waals surface area contributed by atoms with Crippen LogP contribution in [0.2, 0.25) is 0 Å². The zero-order valence-electron chi connectivity index (χ0n) is 15.3. The number of ether oxygens (including phenoxy) is 2. The number of halogens is 2. The number of hydrogen-bond acceptors (Lipinski definition) is 5. The van der Waals surface area contributed by atoms with Crippen molar-refractivity contribution < 1.29 is 27.8 Å². The van der Waals surface area contributed by atoms with Crippen LogP contribution in [0.15, 0.2) is 47.4 Å². The van der Waals surface area contributed by atoms with Gasteiger partial charge in [0.25, 0.3) is 5.76 Å². The Bertz CT molecular complexity index is 940. The molecule has 1 N–H and O–H groups in total. The summed E-state index contributed by atoms with van der Waals surface area (Å²) >= 11 is 0.369. The number of rotatable bonds is 5. The van der Waals surface area contributed by atoms with Gasteiger partial charge in [-0.3, -0.25) is 9.59 Å². The summed E-state index contributed by atoms with van der Waals surface area (Å²) in [6, 6.07) is 11.6. The molecule has 0 aromatic heterocycles. The molecule has 2 heterocycles. The first-order valence-electron chi connectivity index (χ1n) is 9.06. The Labute approximate surface area is 170 Å². The summed E-state index contributed by atoms with van der Waals surface area (Å²) in [6.45, 7) is 1.11. The maximum Gasteiger partial charge on any atom is 0.288 e. The van der Waals surface area contributed by atoms with Crippen LogP contribution in [0, 0.1) is 5.92 Å². The summed E-state index contributed by atoms with van der Waals surface area (Å²) in [4.78, 5) is 27.0. The standard InChI is InChI=1S/C20H18F2N2O4S/c21-20(22)29-17-4-2-1-3-14(17)23-19(26)12-9-18(25)24(11-12)13-5-6-15-16(10-13)28-8-7-27-15/h1-6,10,12,20H,7-9,11H2,(H,23,26). The summed E-state index contributed by atoms with van der Waals surface area (Å²) in [5.74, 6) is -2.55. The highest BCUT2D eigenvalue weighted by Crippen LogP contribution is 2.36. The summed E-state index contributed by atoms with van der Waals surface area (Å²) in [5.41, 5.74) is 0.941. The molecule has 0 aliphatic carbocycles. The number of benzene rings is 2. The van der Waals surface area contributed by atoms with E-state index in [-0.39, 0.29) is 29.7 Å². The molecular weight excluding hydrogens is 402 g/mol. The first-order valence-corrected chi connectivity index (χ1v) is 9.94. The predicted molar refractivity (Wildman–Crippen MR) is 105 cm³/mol. The van der Waals surface area contributed by atoms with E-state index in [0.717, 1.165) is 0 Å². The van der Waals surface area contributed by atoms with Gasteiger partial charge < -0.3 is 19.7 Å². The van der Waals surface area contributed by atoms with Crippen LogP contribution in [-0.2, 0) is 9.59 Å². The van der Waals surface area contributed by atoms with Crippen LogP contribution in [0.4, 0.5) is 20.2 Å². The topological polar surface area (TPSA) is 67.9 Å². The molecular formula is C20H18F2N2O4S. The van der Waals surface area contributed by atoms with E-state index in [4.69, 9.17) is 9.47 Å². The lowest BCUT2D eigenvalue weighted by Gasteiger charge is -2.22. The summed E-state index contributed by atoms with van der Waals surface area (Å²) in [7, 11) is 0. The van der Waals surface area contributed by atoms with E-state index in [0.29, 0.717) is 47.8 Å². The molecule has 1 unspecified atom stereocenters. The number of hydrogen-bond donors (Lipinski definition) is 1. The van der Waals surface area contributed by atoms with Crippen LogP contribution in [0.25, 0.3) is 0 Å². The molecule has 1 saturated heterocycles. The first-order chi connectivity index (χ1) is 14.0. The lowest BCUT2D eigenvalue weighted by atomic mass is 10.1. The third-order valence-electron chi connectivity index (χ3n) is 4.69. The molecule has 2 aliphatic heterocycles. The van der Waals surface area contributed by atoms with Crippen molar-refractivity contribution in [2.75, 3.05) is 30.0 Å². The van der Waals surface area contributed by atoms with Crippen molar-refractivity contribution in [2.45, 2.75) is 17.1 Å². The van der Waals surface area contributed by atoms with Gasteiger partial charge in [-0.1, -0.05) is 23.9 Å². The average molecular weight is 420 g/mol. The van der Waals surface area contributed by atoms with Crippen molar-refractivity contribution in [3.8, 4) is 11.5 Å². The molecule has 9 heteroatoms. The van der Waals surface area contributed by atoms with E-state index in [1.165, 1.54) is 11.0 Å². The zero-order valence-corrected chi connectivity index (χ0v) is 16.1. The highest BCUT2D eigenvalue weighted by atomic mass is 32.2. The number of para-hydroxylation sites is 1. The van der Waals surface area contributed by atoms with Gasteiger partial charge in [-0.15, -0.1) is 0 Å². The maximum absolute atomic E-state index is 12.7. The molecule has 1 fully saturated rings. The number of carbonyl (C=O) groups excluding carboxylic acids is 2. The van der Waals surface area contributed by atoms with Gasteiger partial charge in [0.1, 0.15) is 13.2 Å². The summed E-state index contributed by atoms with van der Waals surface area (Å²) in [6.07, 6.45) is 0.0461. The van der Waals surface area contributed by atoms with E-state index < -0.39 is 11.7 Å². The molecule has 4 rings (SSSR count). The molecule has 2 aromatic carbocycles. The largest absolute Gasteiger partial charge is 0.486 e. The van der Waals surface area contributed by atoms with Crippen LogP contribution in [-0.4, -0.2) is 37.3 Å². The zero-order chi connectivity index (χ0) is 20.4. The third kappa shape index (κ3) is 4.29. The second kappa shape index (κ2) is 8.28. The number of amides is 2. The van der Waals surface area contributed by atoms with E-state index in [2.05, 4.69) is 5.32 Å². The summed E-state index contributed by atoms with van der Waals surface area (Å²) < 4.78 is 36.5. The quantitative estimate of drug-likeness (QED) is 0.746. The van der Waals surface area contributed by atoms with Crippen molar-refractivity contribution in [2.24, 2.45) is 5.92 Å². The Kier molecular flexibility index (Phi) is 5.57. The van der Waals surface area contributed by atoms with Gasteiger partial charge in [0.2, 0.25) is 11.8 Å². The van der Waals surface area contributed by atoms with Crippen LogP contribution in [0.3, 0.4) is 0 Å². The second-order valence-electron chi connectivity index (χ2n) is 6.60. The number of alkyl halides is 2. The lowest BCUT2D eigenvalue weighted by Crippen LogP contribution is -2.28. The minimum Gasteiger partial charge on any atom is -0.486 e. The number of fused-ring (bicyclic) bond motifs is 1. The molecule has 1 atom stereocenters. The molecule has 0 spiro atoms. The van der Waals surface area contributed by atoms with Gasteiger partial charge in [0.05, 0.1) is 11.6 Å². The highest BCUT2D eigenvalue weighted by Gasteiger charge is 2.36. The van der Waals surface area contributed by atoms with Crippen molar-refractivity contribution in [1.29, 1.82) is 0 Å². The number of carbonyl (C=O) groups is 2. The van der Waals surface area contributed by atoms with Gasteiger partial charge in [0, 0.05) is 29.6 Å². The number of anilines is 2. The molecule has 0 radical (unpaired) electrons. The molecule has 0 saturated carbocycles. The number of nitrogens with one attached hydrogen (secondary N) is 1. The minimum absolute atomic E-state index is 0.0461. The normalized spacial score (nSPS) is 18.2. The Balaban J connectivity index is 1.46. The number of thioether (sulfide) groups is 1. The molecule has 2 aliphatic rings. The van der Waals surface area contributed by atoms with E-state index in [1.54, 1.807) is 36.4 Å². The van der Waals surface area contributed by atoms with Crippen LogP contribution in [0.5, 0.6) is 11.5 Å². The fourth-order valence-corrected chi connectivity index (χ4v) is 3.93. The van der Waals surface area contributed by atoms with Gasteiger partial charge in [0.15, 0.2) is 11.5 Å². The van der Waals surface area contributed by atoms with E-state index in [1.807, 2.05) is 0 Å². The highest BCUT2D eigenvalue weighted by molar-refractivity contribution is 7.99. The molecule has 6 nitrogen and oxygen atoms in total. The predicted octanol–water partition coefficient (Wildman–Crippen LogP) is 3.76. The van der Waals surface area contributed by atoms with Crippen LogP contribution < -0.4 is 19.7 Å². The molecule has 2 aromatic rings. The molecule has 152 valence electrons. The first kappa shape index (κ1) is 19.5. The second-order valence-corrected chi connectivity index (χ2v) is 7.63. The Hall–Kier alpha value is -2.81. The van der Waals surface area contributed by atoms with Crippen molar-refractivity contribution in [3.63, 3.8) is 0 Å². The van der Waals surface area contributed by atoms with E-state index in [9.17, 15) is 18.4 Å². The average Bonchev–Trinajstić information content (AvgIpc) is 3.10. The molecule has 2 amide bonds. The Morgan fingerprint density at radius 2 is 1.90 bits per heavy atom. The minimum atomic E-state index is -2.59. The van der Waals surface area contributed by atoms with Crippen molar-refractivity contribution >= 4 is 35.0 Å². The molecule has 0 bridgehead atoms. The van der Waals surface area contributed by atoms with Gasteiger partial charge in [-0.05, 0) is 24.3 Å². The van der Waals surface area contributed by atoms with Gasteiger partial charge >= 0.3 is 0 Å². The smallest absolute Gasteiger partial charge is 0.288 e. The monoisotopic (exact) mass is 420 g/mol. The lowest BCUT2D eigenvalue weighted by molar-refractivity contribution is -0.122. The fraction of sp³-hybridized carbons (Fsp3) is 0.300. The molecule has 29 heavy (non-hydrogen) atoms. The maximum atomic E-state index is 12.7. The van der Waals surface area contributed by atoms with Gasteiger partial charge in [-0.2, -0.15) is 8.78 Å². The fourth-order valence-electron chi connectivity index (χ4n) is 3.34. The van der Waals surface area contributed by atoms with Crippen LogP contribution in [0.1, 0.15) is 6.42 Å². The summed E-state index contributed by atoms with van der Waals surface area (Å²) in [5, 5.41) is 2.68. The Morgan fingerprint density at radius 3 is 2.69 bits per heavy atom. The van der Waals surface area contributed by atoms with E-state index >= 15 is 0 Å². The third-order valence-corrected chi connectivity index (χ3v) is 5.48. The SMILES string of the molecule is O=C(Nc1ccccc1SC(F)F)C1CC(=O)N(c2ccc3c(c2)OCCO3)C1. The van der Waals surface area contributed by atoms with Crippen LogP contribution >= 0.6 is 11.8 Å². The number of nitrogens with zero attached hydrogens (tertiary/aromatic N) is 1. The van der Waals surface area contributed by atoms with Gasteiger partial charge in [-0.25, -0.2) is 0 Å². The Morgan fingerprint density at radius 1 is 1.14 bits per heavy atom. The van der Waals surface area contributed by atoms with Crippen molar-refractivity contribution in [3.05, 3.63) is 42.5 Å².